The number of rotatable bonds is 6. The van der Waals surface area contributed by atoms with Crippen LogP contribution in [0.3, 0.4) is 0 Å². The van der Waals surface area contributed by atoms with E-state index in [0.29, 0.717) is 11.1 Å². The van der Waals surface area contributed by atoms with Crippen LogP contribution in [0.4, 0.5) is 0 Å². The van der Waals surface area contributed by atoms with Gasteiger partial charge in [0.25, 0.3) is 11.1 Å². The van der Waals surface area contributed by atoms with Crippen molar-refractivity contribution in [2.45, 2.75) is 30.4 Å². The van der Waals surface area contributed by atoms with Crippen molar-refractivity contribution in [3.05, 3.63) is 53.4 Å². The first-order valence-electron chi connectivity index (χ1n) is 7.53. The van der Waals surface area contributed by atoms with Gasteiger partial charge in [-0.05, 0) is 30.9 Å². The molecule has 0 aliphatic heterocycles. The van der Waals surface area contributed by atoms with Gasteiger partial charge >= 0.3 is 0 Å². The molecule has 0 saturated carbocycles. The van der Waals surface area contributed by atoms with E-state index in [2.05, 4.69) is 15.5 Å². The van der Waals surface area contributed by atoms with Gasteiger partial charge in [-0.1, -0.05) is 48.2 Å². The fourth-order valence-corrected chi connectivity index (χ4v) is 3.45. The molecule has 2 heterocycles. The van der Waals surface area contributed by atoms with Crippen molar-refractivity contribution in [1.82, 2.24) is 15.5 Å². The van der Waals surface area contributed by atoms with Crippen LogP contribution in [0.2, 0.25) is 0 Å². The number of thioether (sulfide) groups is 1. The van der Waals surface area contributed by atoms with Crippen LogP contribution in [0, 0.1) is 0 Å². The van der Waals surface area contributed by atoms with Gasteiger partial charge in [-0.25, -0.2) is 0 Å². The van der Waals surface area contributed by atoms with E-state index >= 15 is 0 Å². The SMILES string of the molecule is CC(Sc1nnc(-c2cccs2)o1)C(=O)NC(C)c1ccccc1. The first-order chi connectivity index (χ1) is 11.6. The zero-order valence-electron chi connectivity index (χ0n) is 13.3. The number of amides is 1. The maximum Gasteiger partial charge on any atom is 0.277 e. The van der Waals surface area contributed by atoms with Crippen molar-refractivity contribution in [3.63, 3.8) is 0 Å². The predicted octanol–water partition coefficient (Wildman–Crippen LogP) is 4.16. The fourth-order valence-electron chi connectivity index (χ4n) is 2.12. The van der Waals surface area contributed by atoms with Crippen LogP contribution in [-0.2, 0) is 4.79 Å². The number of thiophene rings is 1. The molecule has 0 aliphatic rings. The van der Waals surface area contributed by atoms with Crippen molar-refractivity contribution in [2.24, 2.45) is 0 Å². The van der Waals surface area contributed by atoms with Gasteiger partial charge in [0, 0.05) is 0 Å². The summed E-state index contributed by atoms with van der Waals surface area (Å²) in [7, 11) is 0. The maximum atomic E-state index is 12.3. The molecule has 1 N–H and O–H groups in total. The van der Waals surface area contributed by atoms with Crippen LogP contribution in [0.15, 0.2) is 57.5 Å². The van der Waals surface area contributed by atoms with E-state index in [4.69, 9.17) is 4.42 Å². The summed E-state index contributed by atoms with van der Waals surface area (Å²) in [6.45, 7) is 3.79. The Hall–Kier alpha value is -2.12. The summed E-state index contributed by atoms with van der Waals surface area (Å²) in [6, 6.07) is 13.7. The molecule has 0 radical (unpaired) electrons. The number of aromatic nitrogens is 2. The number of hydrogen-bond donors (Lipinski definition) is 1. The summed E-state index contributed by atoms with van der Waals surface area (Å²) in [4.78, 5) is 13.3. The Morgan fingerprint density at radius 1 is 1.17 bits per heavy atom. The zero-order chi connectivity index (χ0) is 16.9. The van der Waals surface area contributed by atoms with Gasteiger partial charge in [0.1, 0.15) is 0 Å². The summed E-state index contributed by atoms with van der Waals surface area (Å²) in [6.07, 6.45) is 0. The van der Waals surface area contributed by atoms with Gasteiger partial charge in [0.15, 0.2) is 0 Å². The Morgan fingerprint density at radius 3 is 2.67 bits per heavy atom. The Balaban J connectivity index is 1.58. The molecule has 0 saturated heterocycles. The number of benzene rings is 1. The monoisotopic (exact) mass is 359 g/mol. The minimum Gasteiger partial charge on any atom is -0.410 e. The van der Waals surface area contributed by atoms with Gasteiger partial charge in [0.05, 0.1) is 16.2 Å². The second kappa shape index (κ2) is 7.63. The van der Waals surface area contributed by atoms with Gasteiger partial charge in [-0.15, -0.1) is 21.5 Å². The molecule has 124 valence electrons. The molecule has 2 aromatic heterocycles. The minimum absolute atomic E-state index is 0.0499. The molecular weight excluding hydrogens is 342 g/mol. The predicted molar refractivity (Wildman–Crippen MR) is 95.9 cm³/mol. The number of carbonyl (C=O) groups excluding carboxylic acids is 1. The van der Waals surface area contributed by atoms with Gasteiger partial charge < -0.3 is 9.73 Å². The molecular formula is C17H17N3O2S2. The van der Waals surface area contributed by atoms with E-state index in [1.807, 2.05) is 61.7 Å². The summed E-state index contributed by atoms with van der Waals surface area (Å²) in [5, 5.41) is 13.1. The van der Waals surface area contributed by atoms with E-state index in [1.54, 1.807) is 0 Å². The molecule has 0 bridgehead atoms. The van der Waals surface area contributed by atoms with Gasteiger partial charge in [0.2, 0.25) is 5.91 Å². The highest BCUT2D eigenvalue weighted by molar-refractivity contribution is 8.00. The van der Waals surface area contributed by atoms with E-state index < -0.39 is 0 Å². The average Bonchev–Trinajstić information content (AvgIpc) is 3.26. The smallest absolute Gasteiger partial charge is 0.277 e. The van der Waals surface area contributed by atoms with Crippen LogP contribution in [0.5, 0.6) is 0 Å². The lowest BCUT2D eigenvalue weighted by Crippen LogP contribution is -2.33. The largest absolute Gasteiger partial charge is 0.410 e. The number of nitrogens with zero attached hydrogens (tertiary/aromatic N) is 2. The number of hydrogen-bond acceptors (Lipinski definition) is 6. The van der Waals surface area contributed by atoms with Crippen molar-refractivity contribution < 1.29 is 9.21 Å². The van der Waals surface area contributed by atoms with Crippen LogP contribution < -0.4 is 5.32 Å². The molecule has 0 spiro atoms. The van der Waals surface area contributed by atoms with E-state index in [-0.39, 0.29) is 17.2 Å². The molecule has 5 nitrogen and oxygen atoms in total. The topological polar surface area (TPSA) is 68.0 Å². The first-order valence-corrected chi connectivity index (χ1v) is 9.29. The normalized spacial score (nSPS) is 13.4. The molecule has 1 amide bonds. The van der Waals surface area contributed by atoms with Crippen molar-refractivity contribution >= 4 is 29.0 Å². The summed E-state index contributed by atoms with van der Waals surface area (Å²) in [5.74, 6) is 0.421. The Morgan fingerprint density at radius 2 is 1.96 bits per heavy atom. The highest BCUT2D eigenvalue weighted by Gasteiger charge is 2.20. The number of nitrogens with one attached hydrogen (secondary N) is 1. The van der Waals surface area contributed by atoms with Crippen LogP contribution in [-0.4, -0.2) is 21.4 Å². The van der Waals surface area contributed by atoms with Crippen molar-refractivity contribution in [2.75, 3.05) is 0 Å². The zero-order valence-corrected chi connectivity index (χ0v) is 14.9. The second-order valence-electron chi connectivity index (χ2n) is 5.25. The Bertz CT molecular complexity index is 787. The molecule has 7 heteroatoms. The van der Waals surface area contributed by atoms with Gasteiger partial charge in [-0.3, -0.25) is 4.79 Å². The lowest BCUT2D eigenvalue weighted by Gasteiger charge is -2.16. The third-order valence-electron chi connectivity index (χ3n) is 3.44. The van der Waals surface area contributed by atoms with E-state index in [1.165, 1.54) is 23.1 Å². The van der Waals surface area contributed by atoms with Crippen molar-refractivity contribution in [1.29, 1.82) is 0 Å². The molecule has 2 unspecified atom stereocenters. The molecule has 0 fully saturated rings. The Labute approximate surface area is 148 Å². The molecule has 1 aromatic carbocycles. The van der Waals surface area contributed by atoms with Crippen LogP contribution in [0.1, 0.15) is 25.5 Å². The minimum atomic E-state index is -0.326. The van der Waals surface area contributed by atoms with Crippen molar-refractivity contribution in [3.8, 4) is 10.8 Å². The molecule has 0 aliphatic carbocycles. The lowest BCUT2D eigenvalue weighted by molar-refractivity contribution is -0.120. The standard InChI is InChI=1S/C17H17N3O2S2/c1-11(13-7-4-3-5-8-13)18-15(21)12(2)24-17-20-19-16(22-17)14-9-6-10-23-14/h3-12H,1-2H3,(H,18,21). The third-order valence-corrected chi connectivity index (χ3v) is 5.24. The Kier molecular flexibility index (Phi) is 5.32. The summed E-state index contributed by atoms with van der Waals surface area (Å²) < 4.78 is 5.61. The fraction of sp³-hybridized carbons (Fsp3) is 0.235. The highest BCUT2D eigenvalue weighted by Crippen LogP contribution is 2.28. The molecule has 3 aromatic rings. The van der Waals surface area contributed by atoms with E-state index in [9.17, 15) is 4.79 Å². The number of carbonyl (C=O) groups is 1. The molecule has 2 atom stereocenters. The average molecular weight is 359 g/mol. The maximum absolute atomic E-state index is 12.3. The lowest BCUT2D eigenvalue weighted by atomic mass is 10.1. The van der Waals surface area contributed by atoms with Crippen LogP contribution in [0.25, 0.3) is 10.8 Å². The molecule has 3 rings (SSSR count). The first kappa shape index (κ1) is 16.7. The summed E-state index contributed by atoms with van der Waals surface area (Å²) in [5.41, 5.74) is 1.07. The van der Waals surface area contributed by atoms with Gasteiger partial charge in [-0.2, -0.15) is 0 Å². The van der Waals surface area contributed by atoms with Crippen LogP contribution >= 0.6 is 23.1 Å². The third kappa shape index (κ3) is 4.04. The van der Waals surface area contributed by atoms with E-state index in [0.717, 1.165) is 10.4 Å². The highest BCUT2D eigenvalue weighted by atomic mass is 32.2. The molecule has 24 heavy (non-hydrogen) atoms. The quantitative estimate of drug-likeness (QED) is 0.670. The summed E-state index contributed by atoms with van der Waals surface area (Å²) >= 11 is 2.80. The second-order valence-corrected chi connectivity index (χ2v) is 7.49.